The number of anilines is 2. The molecule has 2 aromatic rings. The number of aromatic nitrogens is 2. The number of hydrogen-bond acceptors (Lipinski definition) is 7. The van der Waals surface area contributed by atoms with E-state index in [-0.39, 0.29) is 17.9 Å². The Morgan fingerprint density at radius 2 is 1.91 bits per heavy atom. The second kappa shape index (κ2) is 10.8. The molecule has 1 aromatic carbocycles. The fourth-order valence-corrected chi connectivity index (χ4v) is 3.97. The van der Waals surface area contributed by atoms with E-state index in [1.807, 2.05) is 32.9 Å². The van der Waals surface area contributed by atoms with Gasteiger partial charge in [0.1, 0.15) is 17.2 Å². The molecule has 32 heavy (non-hydrogen) atoms. The number of hydrogen-bond donors (Lipinski definition) is 4. The molecule has 0 unspecified atom stereocenters. The van der Waals surface area contributed by atoms with Gasteiger partial charge in [0.05, 0.1) is 4.47 Å². The summed E-state index contributed by atoms with van der Waals surface area (Å²) in [4.78, 5) is 20.8. The fraction of sp³-hybridized carbons (Fsp3) is 0.522. The summed E-state index contributed by atoms with van der Waals surface area (Å²) in [5.74, 6) is 1.97. The molecule has 3 rings (SSSR count). The lowest BCUT2D eigenvalue weighted by molar-refractivity contribution is 0.0488. The highest BCUT2D eigenvalue weighted by atomic mass is 79.9. The van der Waals surface area contributed by atoms with Crippen LogP contribution in [0.3, 0.4) is 0 Å². The van der Waals surface area contributed by atoms with Crippen LogP contribution in [-0.4, -0.2) is 39.4 Å². The molecule has 9 heteroatoms. The van der Waals surface area contributed by atoms with Crippen LogP contribution in [0.4, 0.5) is 16.6 Å². The Balaban J connectivity index is 1.45. The average molecular weight is 506 g/mol. The normalized spacial score (nSPS) is 18.6. The van der Waals surface area contributed by atoms with Gasteiger partial charge in [0, 0.05) is 30.9 Å². The number of carbonyl (C=O) groups excluding carboxylic acids is 1. The molecule has 0 spiro atoms. The lowest BCUT2D eigenvalue weighted by Gasteiger charge is -2.30. The minimum atomic E-state index is -0.481. The van der Waals surface area contributed by atoms with E-state index in [0.29, 0.717) is 18.4 Å². The average Bonchev–Trinajstić information content (AvgIpc) is 2.73. The van der Waals surface area contributed by atoms with E-state index < -0.39 is 5.60 Å². The number of phenols is 1. The van der Waals surface area contributed by atoms with Gasteiger partial charge in [-0.2, -0.15) is 4.98 Å². The summed E-state index contributed by atoms with van der Waals surface area (Å²) >= 11 is 3.51. The van der Waals surface area contributed by atoms with Crippen molar-refractivity contribution in [2.24, 2.45) is 5.92 Å². The molecule has 1 aliphatic rings. The summed E-state index contributed by atoms with van der Waals surface area (Å²) in [5, 5.41) is 19.5. The molecule has 0 saturated heterocycles. The molecule has 174 valence electrons. The van der Waals surface area contributed by atoms with Gasteiger partial charge in [0.25, 0.3) is 0 Å². The molecular weight excluding hydrogens is 474 g/mol. The molecule has 0 bridgehead atoms. The second-order valence-electron chi connectivity index (χ2n) is 9.12. The Morgan fingerprint density at radius 1 is 1.19 bits per heavy atom. The molecule has 1 amide bonds. The molecule has 1 fully saturated rings. The number of carbonyl (C=O) groups is 1. The SMILES string of the molecule is CC(C)(C)OC(=O)NC1CCC(CNc2nc(NCc3ccccc3O)ncc2Br)CC1. The molecule has 1 heterocycles. The Morgan fingerprint density at radius 3 is 2.59 bits per heavy atom. The van der Waals surface area contributed by atoms with Crippen LogP contribution in [0.2, 0.25) is 0 Å². The Bertz CT molecular complexity index is 911. The van der Waals surface area contributed by atoms with Crippen LogP contribution in [-0.2, 0) is 11.3 Å². The number of benzene rings is 1. The van der Waals surface area contributed by atoms with Crippen molar-refractivity contribution in [1.29, 1.82) is 0 Å². The Labute approximate surface area is 197 Å². The first-order valence-electron chi connectivity index (χ1n) is 11.0. The van der Waals surface area contributed by atoms with E-state index in [4.69, 9.17) is 4.74 Å². The lowest BCUT2D eigenvalue weighted by Crippen LogP contribution is -2.41. The third kappa shape index (κ3) is 7.55. The number of aromatic hydroxyl groups is 1. The molecule has 1 aliphatic carbocycles. The smallest absolute Gasteiger partial charge is 0.407 e. The molecule has 4 N–H and O–H groups in total. The van der Waals surface area contributed by atoms with Crippen LogP contribution >= 0.6 is 15.9 Å². The van der Waals surface area contributed by atoms with Gasteiger partial charge in [-0.15, -0.1) is 0 Å². The van der Waals surface area contributed by atoms with Crippen molar-refractivity contribution in [2.75, 3.05) is 17.2 Å². The monoisotopic (exact) mass is 505 g/mol. The molecule has 0 aliphatic heterocycles. The molecule has 1 saturated carbocycles. The van der Waals surface area contributed by atoms with Crippen molar-refractivity contribution in [2.45, 2.75) is 64.6 Å². The highest BCUT2D eigenvalue weighted by Gasteiger charge is 2.25. The summed E-state index contributed by atoms with van der Waals surface area (Å²) in [5.41, 5.74) is 0.302. The number of halogens is 1. The maximum absolute atomic E-state index is 12.0. The van der Waals surface area contributed by atoms with Gasteiger partial charge in [-0.1, -0.05) is 18.2 Å². The first-order valence-corrected chi connectivity index (χ1v) is 11.8. The number of nitrogens with zero attached hydrogens (tertiary/aromatic N) is 2. The third-order valence-corrected chi connectivity index (χ3v) is 5.88. The summed E-state index contributed by atoms with van der Waals surface area (Å²) in [6, 6.07) is 7.35. The molecular formula is C23H32BrN5O3. The molecule has 8 nitrogen and oxygen atoms in total. The first kappa shape index (κ1) is 24.1. The maximum atomic E-state index is 12.0. The van der Waals surface area contributed by atoms with Crippen LogP contribution < -0.4 is 16.0 Å². The summed E-state index contributed by atoms with van der Waals surface area (Å²) in [7, 11) is 0. The van der Waals surface area contributed by atoms with Gasteiger partial charge >= 0.3 is 6.09 Å². The highest BCUT2D eigenvalue weighted by molar-refractivity contribution is 9.10. The molecule has 0 atom stereocenters. The van der Waals surface area contributed by atoms with E-state index in [2.05, 4.69) is 41.8 Å². The minimum absolute atomic E-state index is 0.164. The van der Waals surface area contributed by atoms with Gasteiger partial charge in [-0.25, -0.2) is 9.78 Å². The maximum Gasteiger partial charge on any atom is 0.407 e. The third-order valence-electron chi connectivity index (χ3n) is 5.30. The van der Waals surface area contributed by atoms with Crippen LogP contribution in [0.25, 0.3) is 0 Å². The van der Waals surface area contributed by atoms with Gasteiger partial charge in [0.15, 0.2) is 0 Å². The van der Waals surface area contributed by atoms with E-state index >= 15 is 0 Å². The lowest BCUT2D eigenvalue weighted by atomic mass is 9.86. The van der Waals surface area contributed by atoms with Crippen molar-refractivity contribution in [3.63, 3.8) is 0 Å². The number of nitrogens with one attached hydrogen (secondary N) is 3. The quantitative estimate of drug-likeness (QED) is 0.416. The van der Waals surface area contributed by atoms with Gasteiger partial charge in [0.2, 0.25) is 5.95 Å². The standard InChI is InChI=1S/C23H32BrN5O3/c1-23(2,3)32-22(31)28-17-10-8-15(9-11-17)12-25-20-18(24)14-27-21(29-20)26-13-16-6-4-5-7-19(16)30/h4-7,14-15,17,30H,8-13H2,1-3H3,(H,28,31)(H2,25,26,27,29). The van der Waals surface area contributed by atoms with Gasteiger partial charge < -0.3 is 25.8 Å². The zero-order valence-electron chi connectivity index (χ0n) is 18.8. The van der Waals surface area contributed by atoms with Crippen LogP contribution in [0.1, 0.15) is 52.0 Å². The van der Waals surface area contributed by atoms with Gasteiger partial charge in [-0.3, -0.25) is 0 Å². The fourth-order valence-electron chi connectivity index (χ4n) is 3.64. The number of ether oxygens (including phenoxy) is 1. The zero-order chi connectivity index (χ0) is 23.1. The number of phenolic OH excluding ortho intramolecular Hbond substituents is 1. The number of alkyl carbamates (subject to hydrolysis) is 1. The second-order valence-corrected chi connectivity index (χ2v) is 9.97. The van der Waals surface area contributed by atoms with E-state index in [0.717, 1.165) is 48.1 Å². The Hall–Kier alpha value is -2.55. The minimum Gasteiger partial charge on any atom is -0.508 e. The summed E-state index contributed by atoms with van der Waals surface area (Å²) in [6.07, 6.45) is 5.29. The van der Waals surface area contributed by atoms with E-state index in [1.165, 1.54) is 0 Å². The van der Waals surface area contributed by atoms with Crippen LogP contribution in [0.5, 0.6) is 5.75 Å². The highest BCUT2D eigenvalue weighted by Crippen LogP contribution is 2.27. The number of rotatable bonds is 7. The van der Waals surface area contributed by atoms with Crippen LogP contribution in [0.15, 0.2) is 34.9 Å². The molecule has 1 aromatic heterocycles. The number of para-hydroxylation sites is 1. The largest absolute Gasteiger partial charge is 0.508 e. The summed E-state index contributed by atoms with van der Waals surface area (Å²) in [6.45, 7) is 6.84. The summed E-state index contributed by atoms with van der Waals surface area (Å²) < 4.78 is 6.15. The van der Waals surface area contributed by atoms with Gasteiger partial charge in [-0.05, 0) is 74.4 Å². The van der Waals surface area contributed by atoms with Crippen molar-refractivity contribution < 1.29 is 14.6 Å². The van der Waals surface area contributed by atoms with E-state index in [1.54, 1.807) is 18.3 Å². The Kier molecular flexibility index (Phi) is 8.17. The van der Waals surface area contributed by atoms with Crippen molar-refractivity contribution in [3.8, 4) is 5.75 Å². The van der Waals surface area contributed by atoms with E-state index in [9.17, 15) is 9.90 Å². The first-order chi connectivity index (χ1) is 15.2. The predicted octanol–water partition coefficient (Wildman–Crippen LogP) is 5.05. The van der Waals surface area contributed by atoms with Crippen LogP contribution in [0, 0.1) is 5.92 Å². The number of amides is 1. The molecule has 0 radical (unpaired) electrons. The predicted molar refractivity (Wildman–Crippen MR) is 129 cm³/mol. The zero-order valence-corrected chi connectivity index (χ0v) is 20.4. The topological polar surface area (TPSA) is 108 Å². The van der Waals surface area contributed by atoms with Crippen molar-refractivity contribution in [1.82, 2.24) is 15.3 Å². The van der Waals surface area contributed by atoms with Crippen molar-refractivity contribution in [3.05, 3.63) is 40.5 Å². The van der Waals surface area contributed by atoms with Crippen molar-refractivity contribution >= 4 is 33.8 Å².